The topological polar surface area (TPSA) is 109 Å². The van der Waals surface area contributed by atoms with Crippen LogP contribution in [0.2, 0.25) is 0 Å². The molecule has 3 heterocycles. The van der Waals surface area contributed by atoms with Gasteiger partial charge in [0.05, 0.1) is 31.4 Å². The molecule has 0 saturated carbocycles. The van der Waals surface area contributed by atoms with E-state index in [2.05, 4.69) is 25.4 Å². The summed E-state index contributed by atoms with van der Waals surface area (Å²) in [6.45, 7) is 0.360. The Morgan fingerprint density at radius 1 is 1.19 bits per heavy atom. The third kappa shape index (κ3) is 3.73. The number of fused-ring (bicyclic) bond motifs is 1. The average Bonchev–Trinajstić information content (AvgIpc) is 3.48. The van der Waals surface area contributed by atoms with Gasteiger partial charge < -0.3 is 24.5 Å². The molecule has 0 bridgehead atoms. The van der Waals surface area contributed by atoms with Gasteiger partial charge in [-0.25, -0.2) is 9.78 Å². The van der Waals surface area contributed by atoms with Gasteiger partial charge in [-0.2, -0.15) is 4.98 Å². The van der Waals surface area contributed by atoms with Crippen molar-refractivity contribution in [3.63, 3.8) is 0 Å². The number of carbonyl (C=O) groups is 1. The Hall–Kier alpha value is -4.14. The van der Waals surface area contributed by atoms with Gasteiger partial charge in [0, 0.05) is 17.7 Å². The Kier molecular flexibility index (Phi) is 4.83. The van der Waals surface area contributed by atoms with Crippen molar-refractivity contribution < 1.29 is 14.1 Å². The summed E-state index contributed by atoms with van der Waals surface area (Å²) in [7, 11) is 1.61. The maximum absolute atomic E-state index is 13.1. The van der Waals surface area contributed by atoms with Crippen LogP contribution in [0.15, 0.2) is 65.4 Å². The van der Waals surface area contributed by atoms with Gasteiger partial charge in [-0.1, -0.05) is 23.4 Å². The Labute approximate surface area is 178 Å². The summed E-state index contributed by atoms with van der Waals surface area (Å²) in [5.74, 6) is 1.56. The molecule has 1 atom stereocenters. The molecule has 0 radical (unpaired) electrons. The van der Waals surface area contributed by atoms with Crippen molar-refractivity contribution in [2.45, 2.75) is 19.0 Å². The standard InChI is InChI=1S/C22H20N6O3/c1-30-16-9-7-14(8-10-16)20-26-21(31-27-20)19-11-17-18(24-13-23-17)12-28(19)22(29)25-15-5-3-2-4-6-15/h2-10,13,19H,11-12H2,1H3,(H,23,24)(H,25,29). The lowest BCUT2D eigenvalue weighted by atomic mass is 10.0. The number of carbonyl (C=O) groups excluding carboxylic acids is 1. The number of anilines is 1. The number of para-hydroxylation sites is 1. The number of methoxy groups -OCH3 is 1. The molecule has 0 aliphatic carbocycles. The highest BCUT2D eigenvalue weighted by Crippen LogP contribution is 2.32. The summed E-state index contributed by atoms with van der Waals surface area (Å²) in [6, 6.07) is 16.0. The SMILES string of the molecule is COc1ccc(-c2noc(C3Cc4nc[nH]c4CN3C(=O)Nc3ccccc3)n2)cc1. The van der Waals surface area contributed by atoms with Gasteiger partial charge in [-0.05, 0) is 36.4 Å². The van der Waals surface area contributed by atoms with Gasteiger partial charge in [0.15, 0.2) is 0 Å². The van der Waals surface area contributed by atoms with Crippen LogP contribution in [0.3, 0.4) is 0 Å². The highest BCUT2D eigenvalue weighted by molar-refractivity contribution is 5.89. The number of hydrogen-bond donors (Lipinski definition) is 2. The number of rotatable bonds is 4. The molecule has 156 valence electrons. The highest BCUT2D eigenvalue weighted by Gasteiger charge is 2.36. The molecule has 0 saturated heterocycles. The first-order valence-corrected chi connectivity index (χ1v) is 9.83. The Bertz CT molecular complexity index is 1190. The van der Waals surface area contributed by atoms with Crippen molar-refractivity contribution in [2.75, 3.05) is 12.4 Å². The van der Waals surface area contributed by atoms with Crippen LogP contribution in [0, 0.1) is 0 Å². The summed E-state index contributed by atoms with van der Waals surface area (Å²) in [4.78, 5) is 26.9. The molecule has 0 spiro atoms. The van der Waals surface area contributed by atoms with Crippen molar-refractivity contribution >= 4 is 11.7 Å². The molecule has 2 amide bonds. The van der Waals surface area contributed by atoms with E-state index in [0.29, 0.717) is 30.4 Å². The van der Waals surface area contributed by atoms with Crippen LogP contribution in [-0.4, -0.2) is 38.1 Å². The molecule has 9 heteroatoms. The zero-order chi connectivity index (χ0) is 21.2. The van der Waals surface area contributed by atoms with E-state index in [1.54, 1.807) is 18.3 Å². The van der Waals surface area contributed by atoms with Crippen LogP contribution < -0.4 is 10.1 Å². The minimum absolute atomic E-state index is 0.249. The van der Waals surface area contributed by atoms with Gasteiger partial charge in [0.2, 0.25) is 11.7 Å². The maximum atomic E-state index is 13.1. The Balaban J connectivity index is 1.44. The molecular formula is C22H20N6O3. The number of nitrogens with zero attached hydrogens (tertiary/aromatic N) is 4. The largest absolute Gasteiger partial charge is 0.497 e. The van der Waals surface area contributed by atoms with Gasteiger partial charge in [-0.3, -0.25) is 0 Å². The minimum Gasteiger partial charge on any atom is -0.497 e. The number of nitrogens with one attached hydrogen (secondary N) is 2. The summed E-state index contributed by atoms with van der Waals surface area (Å²) < 4.78 is 10.8. The molecule has 31 heavy (non-hydrogen) atoms. The predicted molar refractivity (Wildman–Crippen MR) is 112 cm³/mol. The lowest BCUT2D eigenvalue weighted by Crippen LogP contribution is -2.41. The van der Waals surface area contributed by atoms with Crippen LogP contribution >= 0.6 is 0 Å². The lowest BCUT2D eigenvalue weighted by Gasteiger charge is -2.32. The van der Waals surface area contributed by atoms with E-state index in [0.717, 1.165) is 22.7 Å². The van der Waals surface area contributed by atoms with Crippen LogP contribution in [0.25, 0.3) is 11.4 Å². The first kappa shape index (κ1) is 18.9. The Morgan fingerprint density at radius 3 is 2.77 bits per heavy atom. The van der Waals surface area contributed by atoms with E-state index in [9.17, 15) is 4.79 Å². The molecule has 1 aliphatic heterocycles. The van der Waals surface area contributed by atoms with Gasteiger partial charge in [-0.15, -0.1) is 0 Å². The van der Waals surface area contributed by atoms with E-state index in [1.807, 2.05) is 54.6 Å². The summed E-state index contributed by atoms with van der Waals surface area (Å²) in [6.07, 6.45) is 2.11. The van der Waals surface area contributed by atoms with Crippen LogP contribution in [0.4, 0.5) is 10.5 Å². The summed E-state index contributed by atoms with van der Waals surface area (Å²) in [5.41, 5.74) is 3.30. The number of aromatic amines is 1. The molecule has 5 rings (SSSR count). The minimum atomic E-state index is -0.431. The van der Waals surface area contributed by atoms with Crippen molar-refractivity contribution in [1.29, 1.82) is 0 Å². The van der Waals surface area contributed by atoms with Crippen molar-refractivity contribution in [1.82, 2.24) is 25.0 Å². The zero-order valence-electron chi connectivity index (χ0n) is 16.8. The zero-order valence-corrected chi connectivity index (χ0v) is 16.8. The molecule has 1 aliphatic rings. The number of H-pyrrole nitrogens is 1. The van der Waals surface area contributed by atoms with E-state index >= 15 is 0 Å². The van der Waals surface area contributed by atoms with Crippen molar-refractivity contribution in [2.24, 2.45) is 0 Å². The van der Waals surface area contributed by atoms with Crippen LogP contribution in [0.1, 0.15) is 23.3 Å². The van der Waals surface area contributed by atoms with E-state index < -0.39 is 6.04 Å². The van der Waals surface area contributed by atoms with Crippen LogP contribution in [-0.2, 0) is 13.0 Å². The number of benzene rings is 2. The first-order valence-electron chi connectivity index (χ1n) is 9.83. The second kappa shape index (κ2) is 7.94. The highest BCUT2D eigenvalue weighted by atomic mass is 16.5. The molecule has 2 N–H and O–H groups in total. The van der Waals surface area contributed by atoms with E-state index in [1.165, 1.54) is 0 Å². The smallest absolute Gasteiger partial charge is 0.322 e. The number of hydrogen-bond acceptors (Lipinski definition) is 6. The molecule has 9 nitrogen and oxygen atoms in total. The molecule has 1 unspecified atom stereocenters. The van der Waals surface area contributed by atoms with Gasteiger partial charge in [0.1, 0.15) is 11.8 Å². The fourth-order valence-electron chi connectivity index (χ4n) is 3.61. The van der Waals surface area contributed by atoms with Crippen molar-refractivity contribution in [3.05, 3.63) is 78.2 Å². The lowest BCUT2D eigenvalue weighted by molar-refractivity contribution is 0.155. The fourth-order valence-corrected chi connectivity index (χ4v) is 3.61. The monoisotopic (exact) mass is 416 g/mol. The van der Waals surface area contributed by atoms with E-state index in [4.69, 9.17) is 9.26 Å². The summed E-state index contributed by atoms with van der Waals surface area (Å²) >= 11 is 0. The molecule has 2 aromatic heterocycles. The molecule has 4 aromatic rings. The summed E-state index contributed by atoms with van der Waals surface area (Å²) in [5, 5.41) is 7.06. The third-order valence-electron chi connectivity index (χ3n) is 5.26. The van der Waals surface area contributed by atoms with Gasteiger partial charge in [0.25, 0.3) is 0 Å². The number of ether oxygens (including phenoxy) is 1. The van der Waals surface area contributed by atoms with Crippen molar-refractivity contribution in [3.8, 4) is 17.1 Å². The molecular weight excluding hydrogens is 396 g/mol. The van der Waals surface area contributed by atoms with E-state index in [-0.39, 0.29) is 6.03 Å². The average molecular weight is 416 g/mol. The maximum Gasteiger partial charge on any atom is 0.322 e. The normalized spacial score (nSPS) is 15.4. The van der Waals surface area contributed by atoms with Gasteiger partial charge >= 0.3 is 6.03 Å². The Morgan fingerprint density at radius 2 is 2.00 bits per heavy atom. The molecule has 2 aromatic carbocycles. The fraction of sp³-hybridized carbons (Fsp3) is 0.182. The molecule has 0 fully saturated rings. The first-order chi connectivity index (χ1) is 15.2. The number of aromatic nitrogens is 4. The second-order valence-corrected chi connectivity index (χ2v) is 7.16. The number of imidazole rings is 1. The third-order valence-corrected chi connectivity index (χ3v) is 5.26. The number of urea groups is 1. The second-order valence-electron chi connectivity index (χ2n) is 7.16. The number of amides is 2. The quantitative estimate of drug-likeness (QED) is 0.524. The predicted octanol–water partition coefficient (Wildman–Crippen LogP) is 3.80. The van der Waals surface area contributed by atoms with Crippen LogP contribution in [0.5, 0.6) is 5.75 Å².